The van der Waals surface area contributed by atoms with Crippen LogP contribution in [0.1, 0.15) is 11.4 Å². The Balaban J connectivity index is 2.36. The van der Waals surface area contributed by atoms with Gasteiger partial charge in [0.25, 0.3) is 0 Å². The van der Waals surface area contributed by atoms with E-state index in [-0.39, 0.29) is 5.95 Å². The molecule has 0 spiro atoms. The molecule has 7 heteroatoms. The van der Waals surface area contributed by atoms with Crippen molar-refractivity contribution in [2.75, 3.05) is 18.1 Å². The third-order valence-electron chi connectivity index (χ3n) is 2.63. The summed E-state index contributed by atoms with van der Waals surface area (Å²) < 4.78 is 7.49. The second-order valence-corrected chi connectivity index (χ2v) is 3.93. The Hall–Kier alpha value is -2.31. The van der Waals surface area contributed by atoms with Gasteiger partial charge in [0.1, 0.15) is 11.5 Å². The van der Waals surface area contributed by atoms with Crippen molar-refractivity contribution >= 4 is 11.8 Å². The molecule has 0 aromatic carbocycles. The maximum absolute atomic E-state index is 5.73. The monoisotopic (exact) mass is 248 g/mol. The maximum atomic E-state index is 5.73. The lowest BCUT2D eigenvalue weighted by atomic mass is 10.3. The van der Waals surface area contributed by atoms with Crippen molar-refractivity contribution in [1.29, 1.82) is 0 Å². The van der Waals surface area contributed by atoms with Gasteiger partial charge in [-0.05, 0) is 13.8 Å². The van der Waals surface area contributed by atoms with Crippen LogP contribution in [0.25, 0.3) is 0 Å². The van der Waals surface area contributed by atoms with E-state index in [2.05, 4.69) is 20.4 Å². The molecule has 0 aliphatic carbocycles. The summed E-state index contributed by atoms with van der Waals surface area (Å²) in [5, 5.41) is 7.17. The topological polar surface area (TPSA) is 90.9 Å². The first-order chi connectivity index (χ1) is 8.51. The number of ether oxygens (including phenoxy) is 1. The minimum atomic E-state index is 0.163. The van der Waals surface area contributed by atoms with Crippen LogP contribution in [-0.2, 0) is 7.05 Å². The first-order valence-corrected chi connectivity index (χ1v) is 5.51. The highest BCUT2D eigenvalue weighted by Crippen LogP contribution is 2.27. The van der Waals surface area contributed by atoms with E-state index in [0.29, 0.717) is 17.4 Å². The number of nitrogens with two attached hydrogens (primary N) is 1. The molecule has 0 aliphatic rings. The maximum Gasteiger partial charge on any atom is 0.226 e. The minimum absolute atomic E-state index is 0.163. The quantitative estimate of drug-likeness (QED) is 0.849. The molecule has 2 rings (SSSR count). The molecule has 0 fully saturated rings. The van der Waals surface area contributed by atoms with Gasteiger partial charge < -0.3 is 15.8 Å². The zero-order valence-electron chi connectivity index (χ0n) is 10.9. The number of hydrogen-bond acceptors (Lipinski definition) is 6. The van der Waals surface area contributed by atoms with Crippen molar-refractivity contribution in [3.63, 3.8) is 0 Å². The molecule has 0 unspecified atom stereocenters. The van der Waals surface area contributed by atoms with E-state index in [4.69, 9.17) is 10.5 Å². The lowest BCUT2D eigenvalue weighted by Crippen LogP contribution is -2.01. The molecule has 0 saturated heterocycles. The highest BCUT2D eigenvalue weighted by molar-refractivity contribution is 5.44. The van der Waals surface area contributed by atoms with E-state index in [9.17, 15) is 0 Å². The highest BCUT2D eigenvalue weighted by Gasteiger charge is 2.13. The van der Waals surface area contributed by atoms with Gasteiger partial charge >= 0.3 is 0 Å². The number of anilines is 2. The van der Waals surface area contributed by atoms with Crippen LogP contribution in [0, 0.1) is 13.8 Å². The molecule has 7 nitrogen and oxygen atoms in total. The molecule has 0 atom stereocenters. The summed E-state index contributed by atoms with van der Waals surface area (Å²) in [6, 6.07) is 1.68. The lowest BCUT2D eigenvalue weighted by molar-refractivity contribution is 0.455. The summed E-state index contributed by atoms with van der Waals surface area (Å²) in [7, 11) is 3.62. The fourth-order valence-electron chi connectivity index (χ4n) is 1.63. The van der Waals surface area contributed by atoms with Gasteiger partial charge in [-0.15, -0.1) is 0 Å². The molecule has 0 saturated carbocycles. The number of nitrogen functional groups attached to an aromatic ring is 1. The Morgan fingerprint density at radius 2 is 2.06 bits per heavy atom. The third kappa shape index (κ3) is 2.20. The Labute approximate surface area is 105 Å². The average molecular weight is 248 g/mol. The summed E-state index contributed by atoms with van der Waals surface area (Å²) in [6.07, 6.45) is 0. The predicted octanol–water partition coefficient (Wildman–Crippen LogP) is 1.24. The number of rotatable bonds is 3. The normalized spacial score (nSPS) is 10.4. The standard InChI is InChI=1S/C11H16N6O/c1-6-10(7(2)17(4)16-6)18-9-5-8(13-3)14-11(12)15-9/h5H,1-4H3,(H3,12,13,14,15). The molecule has 2 aromatic rings. The van der Waals surface area contributed by atoms with Crippen molar-refractivity contribution in [3.8, 4) is 11.6 Å². The fraction of sp³-hybridized carbons (Fsp3) is 0.364. The van der Waals surface area contributed by atoms with Gasteiger partial charge in [0.05, 0.1) is 5.69 Å². The van der Waals surface area contributed by atoms with E-state index in [1.165, 1.54) is 0 Å². The molecular weight excluding hydrogens is 232 g/mol. The first kappa shape index (κ1) is 12.2. The van der Waals surface area contributed by atoms with E-state index in [1.807, 2.05) is 20.9 Å². The third-order valence-corrected chi connectivity index (χ3v) is 2.63. The van der Waals surface area contributed by atoms with Gasteiger partial charge in [-0.1, -0.05) is 0 Å². The summed E-state index contributed by atoms with van der Waals surface area (Å²) >= 11 is 0. The van der Waals surface area contributed by atoms with Crippen LogP contribution in [0.4, 0.5) is 11.8 Å². The van der Waals surface area contributed by atoms with Gasteiger partial charge in [-0.3, -0.25) is 4.68 Å². The summed E-state index contributed by atoms with van der Waals surface area (Å²) in [5.74, 6) is 1.86. The molecule has 0 aliphatic heterocycles. The Kier molecular flexibility index (Phi) is 3.05. The summed E-state index contributed by atoms with van der Waals surface area (Å²) in [6.45, 7) is 3.81. The first-order valence-electron chi connectivity index (χ1n) is 5.51. The number of aryl methyl sites for hydroxylation is 2. The van der Waals surface area contributed by atoms with Crippen LogP contribution in [0.3, 0.4) is 0 Å². The molecule has 0 radical (unpaired) electrons. The minimum Gasteiger partial charge on any atom is -0.435 e. The van der Waals surface area contributed by atoms with Crippen LogP contribution in [0.5, 0.6) is 11.6 Å². The zero-order chi connectivity index (χ0) is 13.3. The van der Waals surface area contributed by atoms with Crippen LogP contribution in [0.15, 0.2) is 6.07 Å². The molecule has 2 heterocycles. The number of nitrogens with zero attached hydrogens (tertiary/aromatic N) is 4. The Morgan fingerprint density at radius 3 is 2.61 bits per heavy atom. The second-order valence-electron chi connectivity index (χ2n) is 3.93. The van der Waals surface area contributed by atoms with Crippen LogP contribution in [-0.4, -0.2) is 26.8 Å². The molecule has 0 amide bonds. The van der Waals surface area contributed by atoms with E-state index >= 15 is 0 Å². The number of hydrogen-bond donors (Lipinski definition) is 2. The summed E-state index contributed by atoms with van der Waals surface area (Å²) in [4.78, 5) is 8.03. The lowest BCUT2D eigenvalue weighted by Gasteiger charge is -2.07. The van der Waals surface area contributed by atoms with E-state index in [0.717, 1.165) is 11.4 Å². The van der Waals surface area contributed by atoms with Gasteiger partial charge in [0, 0.05) is 20.2 Å². The van der Waals surface area contributed by atoms with E-state index < -0.39 is 0 Å². The van der Waals surface area contributed by atoms with Gasteiger partial charge in [-0.25, -0.2) is 0 Å². The van der Waals surface area contributed by atoms with Gasteiger partial charge in [0.15, 0.2) is 5.75 Å². The molecule has 3 N–H and O–H groups in total. The van der Waals surface area contributed by atoms with Crippen LogP contribution in [0.2, 0.25) is 0 Å². The zero-order valence-corrected chi connectivity index (χ0v) is 10.9. The fourth-order valence-corrected chi connectivity index (χ4v) is 1.63. The highest BCUT2D eigenvalue weighted by atomic mass is 16.5. The smallest absolute Gasteiger partial charge is 0.226 e. The SMILES string of the molecule is CNc1cc(Oc2c(C)nn(C)c2C)nc(N)n1. The molecule has 0 bridgehead atoms. The second kappa shape index (κ2) is 4.52. The van der Waals surface area contributed by atoms with Crippen molar-refractivity contribution < 1.29 is 4.74 Å². The van der Waals surface area contributed by atoms with Crippen molar-refractivity contribution in [2.24, 2.45) is 7.05 Å². The molecular formula is C11H16N6O. The van der Waals surface area contributed by atoms with Gasteiger partial charge in [-0.2, -0.15) is 15.1 Å². The summed E-state index contributed by atoms with van der Waals surface area (Å²) in [5.41, 5.74) is 7.34. The number of aromatic nitrogens is 4. The van der Waals surface area contributed by atoms with Crippen LogP contribution >= 0.6 is 0 Å². The van der Waals surface area contributed by atoms with Gasteiger partial charge in [0.2, 0.25) is 11.8 Å². The number of nitrogens with one attached hydrogen (secondary N) is 1. The average Bonchev–Trinajstić information content (AvgIpc) is 2.55. The van der Waals surface area contributed by atoms with Crippen molar-refractivity contribution in [1.82, 2.24) is 19.7 Å². The molecule has 2 aromatic heterocycles. The van der Waals surface area contributed by atoms with Crippen molar-refractivity contribution in [2.45, 2.75) is 13.8 Å². The Bertz CT molecular complexity index is 577. The molecule has 18 heavy (non-hydrogen) atoms. The van der Waals surface area contributed by atoms with Crippen LogP contribution < -0.4 is 15.8 Å². The van der Waals surface area contributed by atoms with Crippen molar-refractivity contribution in [3.05, 3.63) is 17.5 Å². The predicted molar refractivity (Wildman–Crippen MR) is 68.7 cm³/mol. The Morgan fingerprint density at radius 1 is 1.33 bits per heavy atom. The largest absolute Gasteiger partial charge is 0.435 e. The van der Waals surface area contributed by atoms with E-state index in [1.54, 1.807) is 17.8 Å². The molecule has 96 valence electrons.